The van der Waals surface area contributed by atoms with E-state index in [0.717, 1.165) is 11.1 Å². The number of benzene rings is 1. The van der Waals surface area contributed by atoms with Crippen LogP contribution in [0.2, 0.25) is 0 Å². The molecule has 4 heterocycles. The Bertz CT molecular complexity index is 1560. The summed E-state index contributed by atoms with van der Waals surface area (Å²) in [4.78, 5) is 39.9. The molecule has 0 atom stereocenters. The van der Waals surface area contributed by atoms with Crippen LogP contribution in [-0.4, -0.2) is 62.5 Å². The molecule has 2 fully saturated rings. The topological polar surface area (TPSA) is 79.9 Å². The molecule has 2 aliphatic heterocycles. The molecule has 2 aromatic heterocycles. The summed E-state index contributed by atoms with van der Waals surface area (Å²) < 4.78 is 42.0. The zero-order valence-corrected chi connectivity index (χ0v) is 23.0. The fourth-order valence-electron chi connectivity index (χ4n) is 6.42. The van der Waals surface area contributed by atoms with Gasteiger partial charge in [-0.05, 0) is 30.0 Å². The highest BCUT2D eigenvalue weighted by Gasteiger charge is 2.40. The minimum atomic E-state index is -4.54. The van der Waals surface area contributed by atoms with Crippen LogP contribution in [-0.2, 0) is 11.2 Å². The number of hydrogen-bond acceptors (Lipinski definition) is 5. The van der Waals surface area contributed by atoms with E-state index in [1.54, 1.807) is 21.7 Å². The monoisotopic (exact) mass is 563 g/mol. The van der Waals surface area contributed by atoms with E-state index in [1.165, 1.54) is 38.0 Å². The van der Waals surface area contributed by atoms with Crippen LogP contribution < -0.4 is 0 Å². The zero-order valence-electron chi connectivity index (χ0n) is 23.0. The number of aryl methyl sites for hydroxylation is 1. The van der Waals surface area contributed by atoms with Gasteiger partial charge in [0.2, 0.25) is 0 Å². The number of allylic oxidation sites excluding steroid dienone is 1. The Balaban J connectivity index is 1.10. The molecule has 1 aromatic carbocycles. The summed E-state index contributed by atoms with van der Waals surface area (Å²) in [5, 5.41) is 0. The van der Waals surface area contributed by atoms with Crippen molar-refractivity contribution in [3.05, 3.63) is 70.9 Å². The van der Waals surface area contributed by atoms with E-state index < -0.39 is 11.9 Å². The molecule has 3 aromatic rings. The fraction of sp³-hybridized carbons (Fsp3) is 0.452. The molecule has 0 N–H and O–H groups in total. The summed E-state index contributed by atoms with van der Waals surface area (Å²) in [6.45, 7) is 3.10. The van der Waals surface area contributed by atoms with Gasteiger partial charge < -0.3 is 4.90 Å². The van der Waals surface area contributed by atoms with Crippen LogP contribution >= 0.6 is 0 Å². The van der Waals surface area contributed by atoms with Gasteiger partial charge in [0.05, 0.1) is 24.1 Å². The third kappa shape index (κ3) is 5.56. The normalized spacial score (nSPS) is 18.1. The minimum absolute atomic E-state index is 0.0175. The molecule has 1 amide bonds. The minimum Gasteiger partial charge on any atom is -0.338 e. The number of halogens is 3. The Morgan fingerprint density at radius 2 is 1.80 bits per heavy atom. The number of likely N-dealkylation sites (tertiary alicyclic amines) is 1. The van der Waals surface area contributed by atoms with Crippen LogP contribution in [0.3, 0.4) is 0 Å². The largest absolute Gasteiger partial charge is 0.433 e. The van der Waals surface area contributed by atoms with Gasteiger partial charge in [-0.15, -0.1) is 0 Å². The van der Waals surface area contributed by atoms with Gasteiger partial charge in [-0.3, -0.25) is 24.0 Å². The number of hydrogen-bond donors (Lipinski definition) is 0. The second kappa shape index (κ2) is 10.9. The lowest BCUT2D eigenvalue weighted by Gasteiger charge is -2.39. The molecule has 1 aliphatic carbocycles. The van der Waals surface area contributed by atoms with Crippen LogP contribution in [0.5, 0.6) is 0 Å². The maximum absolute atomic E-state index is 13.5. The molecule has 7 nitrogen and oxygen atoms in total. The highest BCUT2D eigenvalue weighted by atomic mass is 19.4. The molecule has 41 heavy (non-hydrogen) atoms. The number of imidazole rings is 1. The van der Waals surface area contributed by atoms with Crippen molar-refractivity contribution in [2.45, 2.75) is 58.0 Å². The van der Waals surface area contributed by atoms with Gasteiger partial charge in [0.15, 0.2) is 5.65 Å². The first-order valence-corrected chi connectivity index (χ1v) is 14.2. The highest BCUT2D eigenvalue weighted by Crippen LogP contribution is 2.33. The third-order valence-corrected chi connectivity index (χ3v) is 8.49. The summed E-state index contributed by atoms with van der Waals surface area (Å²) in [5.74, 6) is 1.10. The van der Waals surface area contributed by atoms with E-state index >= 15 is 0 Å². The first-order chi connectivity index (χ1) is 19.7. The highest BCUT2D eigenvalue weighted by molar-refractivity contribution is 6.27. The first-order valence-electron chi connectivity index (χ1n) is 14.2. The number of aliphatic imine (C=N–C) groups is 1. The summed E-state index contributed by atoms with van der Waals surface area (Å²) in [6, 6.07) is 5.64. The van der Waals surface area contributed by atoms with Crippen molar-refractivity contribution in [1.82, 2.24) is 19.3 Å². The van der Waals surface area contributed by atoms with Crippen LogP contribution in [0.1, 0.15) is 71.4 Å². The van der Waals surface area contributed by atoms with E-state index in [4.69, 9.17) is 0 Å². The number of ketones is 1. The van der Waals surface area contributed by atoms with Crippen LogP contribution in [0.15, 0.2) is 47.9 Å². The molecule has 3 aliphatic rings. The average Bonchev–Trinajstić information content (AvgIpc) is 3.66. The lowest BCUT2D eigenvalue weighted by molar-refractivity contribution is -0.121. The van der Waals surface area contributed by atoms with Gasteiger partial charge in [0.1, 0.15) is 11.5 Å². The maximum atomic E-state index is 13.5. The number of aromatic nitrogens is 3. The molecule has 0 bridgehead atoms. The maximum Gasteiger partial charge on any atom is 0.433 e. The predicted octanol–water partition coefficient (Wildman–Crippen LogP) is 5.64. The number of Topliss-reactive ketones (excluding diaryl/α,β-unsaturated/α-hetero) is 1. The lowest BCUT2D eigenvalue weighted by Crippen LogP contribution is -2.50. The van der Waals surface area contributed by atoms with E-state index in [-0.39, 0.29) is 23.9 Å². The summed E-state index contributed by atoms with van der Waals surface area (Å²) in [7, 11) is 0. The van der Waals surface area contributed by atoms with Crippen molar-refractivity contribution in [3.63, 3.8) is 0 Å². The Labute approximate surface area is 236 Å². The Morgan fingerprint density at radius 1 is 1.05 bits per heavy atom. The number of fused-ring (bicyclic) bond motifs is 1. The van der Waals surface area contributed by atoms with Gasteiger partial charge in [0.25, 0.3) is 5.91 Å². The number of amides is 1. The standard InChI is InChI=1S/C31H32F3N5O2/c1-19-12-21(6-7-24(19)30(41)38-17-22(18-38)14-23(40)13-20-4-2-3-5-20)15-26-29-37-16-27(39(29)11-10-35-26)25-8-9-36-28(25)31(32,33)34/h6-8,10-12,16,20,22H,2-5,9,13-15,17-18H2,1H3. The van der Waals surface area contributed by atoms with Crippen molar-refractivity contribution in [2.75, 3.05) is 19.6 Å². The van der Waals surface area contributed by atoms with Gasteiger partial charge >= 0.3 is 6.18 Å². The average molecular weight is 564 g/mol. The van der Waals surface area contributed by atoms with Gasteiger partial charge in [-0.25, -0.2) is 4.98 Å². The fourth-order valence-corrected chi connectivity index (χ4v) is 6.42. The lowest BCUT2D eigenvalue weighted by atomic mass is 9.89. The number of nitrogens with zero attached hydrogens (tertiary/aromatic N) is 5. The Kier molecular flexibility index (Phi) is 7.25. The molecule has 0 spiro atoms. The quantitative estimate of drug-likeness (QED) is 0.355. The van der Waals surface area contributed by atoms with E-state index in [9.17, 15) is 22.8 Å². The summed E-state index contributed by atoms with van der Waals surface area (Å²) in [5.41, 5.74) is 2.93. The third-order valence-electron chi connectivity index (χ3n) is 8.49. The molecule has 0 radical (unpaired) electrons. The van der Waals surface area contributed by atoms with Crippen molar-refractivity contribution < 1.29 is 22.8 Å². The van der Waals surface area contributed by atoms with Crippen LogP contribution in [0.4, 0.5) is 13.2 Å². The number of alkyl halides is 3. The molecule has 1 saturated heterocycles. The number of rotatable bonds is 8. The van der Waals surface area contributed by atoms with Crippen molar-refractivity contribution in [3.8, 4) is 0 Å². The van der Waals surface area contributed by atoms with Gasteiger partial charge in [-0.2, -0.15) is 13.2 Å². The molecule has 1 saturated carbocycles. The molecular formula is C31H32F3N5O2. The van der Waals surface area contributed by atoms with Gasteiger partial charge in [0, 0.05) is 61.8 Å². The van der Waals surface area contributed by atoms with E-state index in [2.05, 4.69) is 15.0 Å². The predicted molar refractivity (Wildman–Crippen MR) is 149 cm³/mol. The Morgan fingerprint density at radius 3 is 2.54 bits per heavy atom. The number of carbonyl (C=O) groups is 2. The van der Waals surface area contributed by atoms with Crippen molar-refractivity contribution in [1.29, 1.82) is 0 Å². The van der Waals surface area contributed by atoms with Crippen LogP contribution in [0.25, 0.3) is 11.2 Å². The molecule has 214 valence electrons. The SMILES string of the molecule is Cc1cc(Cc2nccn3c(C4=CCN=C4C(F)(F)F)cnc23)ccc1C(=O)N1CC(CC(=O)CC2CCCC2)C1. The zero-order chi connectivity index (χ0) is 28.7. The summed E-state index contributed by atoms with van der Waals surface area (Å²) >= 11 is 0. The smallest absolute Gasteiger partial charge is 0.338 e. The molecular weight excluding hydrogens is 531 g/mol. The Hall–Kier alpha value is -3.82. The van der Waals surface area contributed by atoms with Crippen molar-refractivity contribution in [2.24, 2.45) is 16.8 Å². The molecule has 0 unspecified atom stereocenters. The second-order valence-electron chi connectivity index (χ2n) is 11.5. The summed E-state index contributed by atoms with van der Waals surface area (Å²) in [6.07, 6.45) is 7.96. The van der Waals surface area contributed by atoms with E-state index in [1.807, 2.05) is 25.1 Å². The first kappa shape index (κ1) is 27.4. The molecule has 6 rings (SSSR count). The number of carbonyl (C=O) groups excluding carboxylic acids is 2. The van der Waals surface area contributed by atoms with Crippen LogP contribution in [0, 0.1) is 18.8 Å². The second-order valence-corrected chi connectivity index (χ2v) is 11.5. The molecule has 10 heteroatoms. The van der Waals surface area contributed by atoms with E-state index in [0.29, 0.717) is 66.7 Å². The van der Waals surface area contributed by atoms with Gasteiger partial charge in [-0.1, -0.05) is 43.9 Å². The van der Waals surface area contributed by atoms with Crippen molar-refractivity contribution >= 4 is 28.6 Å².